The van der Waals surface area contributed by atoms with Crippen LogP contribution in [0.25, 0.3) is 0 Å². The van der Waals surface area contributed by atoms with Crippen LogP contribution >= 0.6 is 11.5 Å². The van der Waals surface area contributed by atoms with Gasteiger partial charge in [0.2, 0.25) is 5.13 Å². The number of aromatic nitrogens is 2. The standard InChI is InChI=1S/C9H16N4S/c1-10-5-6-13(2)9-11-8(12-14-9)7-3-4-7/h7,10H,3-6H2,1-2H3. The van der Waals surface area contributed by atoms with E-state index in [9.17, 15) is 0 Å². The highest BCUT2D eigenvalue weighted by Crippen LogP contribution is 2.39. The van der Waals surface area contributed by atoms with E-state index >= 15 is 0 Å². The smallest absolute Gasteiger partial charge is 0.204 e. The number of anilines is 1. The van der Waals surface area contributed by atoms with Crippen molar-refractivity contribution in [2.75, 3.05) is 32.1 Å². The minimum absolute atomic E-state index is 0.665. The molecule has 0 atom stereocenters. The van der Waals surface area contributed by atoms with Crippen LogP contribution in [-0.4, -0.2) is 36.5 Å². The van der Waals surface area contributed by atoms with Crippen LogP contribution in [0.4, 0.5) is 5.13 Å². The van der Waals surface area contributed by atoms with Crippen molar-refractivity contribution in [3.8, 4) is 0 Å². The summed E-state index contributed by atoms with van der Waals surface area (Å²) in [6, 6.07) is 0. The minimum Gasteiger partial charge on any atom is -0.349 e. The van der Waals surface area contributed by atoms with Crippen molar-refractivity contribution in [2.45, 2.75) is 18.8 Å². The summed E-state index contributed by atoms with van der Waals surface area (Å²) in [5.74, 6) is 1.72. The van der Waals surface area contributed by atoms with E-state index in [0.717, 1.165) is 24.0 Å². The third kappa shape index (κ3) is 2.22. The summed E-state index contributed by atoms with van der Waals surface area (Å²) in [5, 5.41) is 4.17. The SMILES string of the molecule is CNCCN(C)c1nc(C2CC2)ns1. The Bertz CT molecular complexity index is 295. The first-order valence-electron chi connectivity index (χ1n) is 5.00. The van der Waals surface area contributed by atoms with Crippen LogP contribution in [0.15, 0.2) is 0 Å². The summed E-state index contributed by atoms with van der Waals surface area (Å²) in [6.07, 6.45) is 2.55. The number of rotatable bonds is 5. The number of nitrogens with zero attached hydrogens (tertiary/aromatic N) is 3. The molecule has 0 aromatic carbocycles. The molecule has 0 unspecified atom stereocenters. The number of hydrogen-bond donors (Lipinski definition) is 1. The first-order chi connectivity index (χ1) is 6.81. The molecule has 14 heavy (non-hydrogen) atoms. The van der Waals surface area contributed by atoms with Gasteiger partial charge in [0.15, 0.2) is 0 Å². The van der Waals surface area contributed by atoms with Crippen LogP contribution in [0.3, 0.4) is 0 Å². The molecule has 1 aliphatic rings. The molecule has 5 heteroatoms. The quantitative estimate of drug-likeness (QED) is 0.792. The van der Waals surface area contributed by atoms with Gasteiger partial charge < -0.3 is 10.2 Å². The van der Waals surface area contributed by atoms with Crippen LogP contribution in [0.5, 0.6) is 0 Å². The molecule has 78 valence electrons. The molecular weight excluding hydrogens is 196 g/mol. The van der Waals surface area contributed by atoms with Gasteiger partial charge in [-0.05, 0) is 19.9 Å². The van der Waals surface area contributed by atoms with Gasteiger partial charge in [-0.25, -0.2) is 4.98 Å². The third-order valence-electron chi connectivity index (χ3n) is 2.40. The molecule has 0 bridgehead atoms. The summed E-state index contributed by atoms with van der Waals surface area (Å²) in [6.45, 7) is 1.96. The highest BCUT2D eigenvalue weighted by molar-refractivity contribution is 7.09. The largest absolute Gasteiger partial charge is 0.349 e. The number of hydrogen-bond acceptors (Lipinski definition) is 5. The van der Waals surface area contributed by atoms with Crippen LogP contribution in [0.1, 0.15) is 24.6 Å². The molecule has 2 rings (SSSR count). The Balaban J connectivity index is 1.93. The molecule has 1 N–H and O–H groups in total. The molecule has 0 saturated heterocycles. The topological polar surface area (TPSA) is 41.0 Å². The van der Waals surface area contributed by atoms with E-state index in [1.165, 1.54) is 24.4 Å². The summed E-state index contributed by atoms with van der Waals surface area (Å²) in [4.78, 5) is 6.68. The van der Waals surface area contributed by atoms with Crippen molar-refractivity contribution in [1.29, 1.82) is 0 Å². The second-order valence-corrected chi connectivity index (χ2v) is 4.46. The molecule has 1 saturated carbocycles. The maximum absolute atomic E-state index is 4.53. The van der Waals surface area contributed by atoms with Crippen molar-refractivity contribution >= 4 is 16.7 Å². The molecule has 0 spiro atoms. The molecule has 4 nitrogen and oxygen atoms in total. The van der Waals surface area contributed by atoms with Crippen molar-refractivity contribution in [2.24, 2.45) is 0 Å². The van der Waals surface area contributed by atoms with Crippen molar-refractivity contribution in [3.05, 3.63) is 5.82 Å². The fraction of sp³-hybridized carbons (Fsp3) is 0.778. The van der Waals surface area contributed by atoms with Gasteiger partial charge in [0.05, 0.1) is 0 Å². The fourth-order valence-electron chi connectivity index (χ4n) is 1.26. The van der Waals surface area contributed by atoms with Gasteiger partial charge in [-0.3, -0.25) is 0 Å². The Morgan fingerprint density at radius 3 is 3.00 bits per heavy atom. The van der Waals surface area contributed by atoms with Crippen molar-refractivity contribution in [3.63, 3.8) is 0 Å². The van der Waals surface area contributed by atoms with Gasteiger partial charge in [0, 0.05) is 37.6 Å². The van der Waals surface area contributed by atoms with Gasteiger partial charge >= 0.3 is 0 Å². The average molecular weight is 212 g/mol. The zero-order chi connectivity index (χ0) is 9.97. The second kappa shape index (κ2) is 4.23. The van der Waals surface area contributed by atoms with Crippen LogP contribution in [0.2, 0.25) is 0 Å². The summed E-state index contributed by atoms with van der Waals surface area (Å²) < 4.78 is 4.38. The van der Waals surface area contributed by atoms with Gasteiger partial charge in [0.1, 0.15) is 5.82 Å². The van der Waals surface area contributed by atoms with Gasteiger partial charge in [0.25, 0.3) is 0 Å². The summed E-state index contributed by atoms with van der Waals surface area (Å²) in [5.41, 5.74) is 0. The molecule has 1 fully saturated rings. The highest BCUT2D eigenvalue weighted by Gasteiger charge is 2.28. The maximum atomic E-state index is 4.53. The van der Waals surface area contributed by atoms with E-state index in [-0.39, 0.29) is 0 Å². The molecule has 1 aliphatic carbocycles. The Kier molecular flexibility index (Phi) is 2.98. The monoisotopic (exact) mass is 212 g/mol. The van der Waals surface area contributed by atoms with Crippen molar-refractivity contribution < 1.29 is 0 Å². The molecule has 0 aliphatic heterocycles. The fourth-order valence-corrected chi connectivity index (χ4v) is 1.99. The Labute approximate surface area is 88.5 Å². The minimum atomic E-state index is 0.665. The second-order valence-electron chi connectivity index (χ2n) is 3.73. The lowest BCUT2D eigenvalue weighted by molar-refractivity contribution is 0.764. The van der Waals surface area contributed by atoms with Crippen LogP contribution < -0.4 is 10.2 Å². The average Bonchev–Trinajstić information content (AvgIpc) is 2.93. The van der Waals surface area contributed by atoms with E-state index in [4.69, 9.17) is 0 Å². The highest BCUT2D eigenvalue weighted by atomic mass is 32.1. The number of likely N-dealkylation sites (N-methyl/N-ethyl adjacent to an activating group) is 2. The molecule has 1 heterocycles. The zero-order valence-corrected chi connectivity index (χ0v) is 9.47. The molecular formula is C9H16N4S. The normalized spacial score (nSPS) is 15.9. The summed E-state index contributed by atoms with van der Waals surface area (Å²) >= 11 is 1.51. The van der Waals surface area contributed by atoms with E-state index in [1.54, 1.807) is 0 Å². The predicted octanol–water partition coefficient (Wildman–Crippen LogP) is 1.07. The molecule has 1 aromatic heterocycles. The predicted molar refractivity (Wildman–Crippen MR) is 59.1 cm³/mol. The molecule has 0 amide bonds. The number of nitrogens with one attached hydrogen (secondary N) is 1. The van der Waals surface area contributed by atoms with Crippen molar-refractivity contribution in [1.82, 2.24) is 14.7 Å². The van der Waals surface area contributed by atoms with E-state index < -0.39 is 0 Å². The Morgan fingerprint density at radius 1 is 1.57 bits per heavy atom. The first-order valence-corrected chi connectivity index (χ1v) is 5.78. The molecule has 1 aromatic rings. The third-order valence-corrected chi connectivity index (χ3v) is 3.24. The lowest BCUT2D eigenvalue weighted by Gasteiger charge is -2.13. The maximum Gasteiger partial charge on any atom is 0.204 e. The van der Waals surface area contributed by atoms with E-state index in [0.29, 0.717) is 5.92 Å². The van der Waals surface area contributed by atoms with Gasteiger partial charge in [-0.1, -0.05) is 0 Å². The Morgan fingerprint density at radius 2 is 2.36 bits per heavy atom. The van der Waals surface area contributed by atoms with Crippen LogP contribution in [0, 0.1) is 0 Å². The molecule has 0 radical (unpaired) electrons. The van der Waals surface area contributed by atoms with Gasteiger partial charge in [-0.15, -0.1) is 0 Å². The lowest BCUT2D eigenvalue weighted by atomic mass is 10.4. The lowest BCUT2D eigenvalue weighted by Crippen LogP contribution is -2.26. The summed E-state index contributed by atoms with van der Waals surface area (Å²) in [7, 11) is 4.03. The van der Waals surface area contributed by atoms with Gasteiger partial charge in [-0.2, -0.15) is 4.37 Å². The van der Waals surface area contributed by atoms with E-state index in [1.807, 2.05) is 7.05 Å². The zero-order valence-electron chi connectivity index (χ0n) is 8.66. The Hall–Kier alpha value is -0.680. The van der Waals surface area contributed by atoms with E-state index in [2.05, 4.69) is 26.6 Å². The van der Waals surface area contributed by atoms with Crippen LogP contribution in [-0.2, 0) is 0 Å². The first kappa shape index (κ1) is 9.86.